The predicted octanol–water partition coefficient (Wildman–Crippen LogP) is 2.98. The van der Waals surface area contributed by atoms with Crippen molar-refractivity contribution < 1.29 is 14.4 Å². The number of nitrogens with zero attached hydrogens (tertiary/aromatic N) is 4. The molecular formula is C27H32N6O3. The summed E-state index contributed by atoms with van der Waals surface area (Å²) in [5, 5.41) is 5.86. The molecule has 2 aliphatic rings. The molecule has 2 aromatic carbocycles. The van der Waals surface area contributed by atoms with Crippen LogP contribution in [0.1, 0.15) is 56.8 Å². The molecule has 1 aromatic heterocycles. The number of hydrogen-bond donors (Lipinski definition) is 2. The summed E-state index contributed by atoms with van der Waals surface area (Å²) >= 11 is 0. The number of nitrogens with one attached hydrogen (secondary N) is 2. The summed E-state index contributed by atoms with van der Waals surface area (Å²) in [6, 6.07) is 12.6. The zero-order chi connectivity index (χ0) is 25.2. The van der Waals surface area contributed by atoms with Gasteiger partial charge in [0.1, 0.15) is 0 Å². The minimum absolute atomic E-state index is 0.00575. The number of anilines is 1. The van der Waals surface area contributed by atoms with Crippen molar-refractivity contribution in [2.24, 2.45) is 0 Å². The molecule has 2 bridgehead atoms. The van der Waals surface area contributed by atoms with Crippen LogP contribution in [0.4, 0.5) is 5.95 Å². The minimum Gasteiger partial charge on any atom is -0.352 e. The van der Waals surface area contributed by atoms with E-state index in [-0.39, 0.29) is 17.7 Å². The van der Waals surface area contributed by atoms with Gasteiger partial charge in [-0.1, -0.05) is 12.1 Å². The normalized spacial score (nSPS) is 19.1. The van der Waals surface area contributed by atoms with E-state index in [1.165, 1.54) is 0 Å². The van der Waals surface area contributed by atoms with Crippen molar-refractivity contribution in [3.8, 4) is 0 Å². The lowest BCUT2D eigenvalue weighted by Gasteiger charge is -2.21. The van der Waals surface area contributed by atoms with Gasteiger partial charge in [0.2, 0.25) is 5.95 Å². The number of likely N-dealkylation sites (N-methyl/N-ethyl adjacent to an activating group) is 1. The molecule has 3 aromatic rings. The van der Waals surface area contributed by atoms with Crippen LogP contribution in [0.5, 0.6) is 0 Å². The Labute approximate surface area is 210 Å². The summed E-state index contributed by atoms with van der Waals surface area (Å²) in [4.78, 5) is 48.0. The lowest BCUT2D eigenvalue weighted by molar-refractivity contribution is 0.0784. The van der Waals surface area contributed by atoms with Crippen molar-refractivity contribution >= 4 is 34.7 Å². The smallest absolute Gasteiger partial charge is 0.257 e. The molecule has 0 aliphatic carbocycles. The SMILES string of the molecule is CN(C)[C@@H]1CCN(C(=O)c2cccc3nc4n(c23)CCCCCNC(=O)c2cccc(c2)C(=O)N4)C1. The second kappa shape index (κ2) is 10.1. The molecule has 3 amide bonds. The number of carbonyl (C=O) groups excluding carboxylic acids is 3. The highest BCUT2D eigenvalue weighted by Gasteiger charge is 2.30. The third-order valence-electron chi connectivity index (χ3n) is 7.13. The van der Waals surface area contributed by atoms with Crippen LogP contribution in [0.15, 0.2) is 42.5 Å². The maximum absolute atomic E-state index is 13.6. The zero-order valence-electron chi connectivity index (χ0n) is 20.8. The van der Waals surface area contributed by atoms with Gasteiger partial charge in [-0.05, 0) is 70.1 Å². The summed E-state index contributed by atoms with van der Waals surface area (Å²) in [6.07, 6.45) is 3.50. The number of para-hydroxylation sites is 1. The molecule has 1 atom stereocenters. The van der Waals surface area contributed by atoms with E-state index in [9.17, 15) is 14.4 Å². The van der Waals surface area contributed by atoms with Gasteiger partial charge in [-0.15, -0.1) is 0 Å². The van der Waals surface area contributed by atoms with Crippen LogP contribution in [0.3, 0.4) is 0 Å². The number of benzene rings is 2. The third kappa shape index (κ3) is 4.70. The second-order valence-electron chi connectivity index (χ2n) is 9.77. The maximum atomic E-state index is 13.6. The molecular weight excluding hydrogens is 456 g/mol. The molecule has 9 heteroatoms. The highest BCUT2D eigenvalue weighted by Crippen LogP contribution is 2.27. The number of imidazole rings is 1. The van der Waals surface area contributed by atoms with Crippen LogP contribution in [-0.4, -0.2) is 76.8 Å². The van der Waals surface area contributed by atoms with Crippen molar-refractivity contribution in [1.29, 1.82) is 0 Å². The monoisotopic (exact) mass is 488 g/mol. The Balaban J connectivity index is 1.53. The van der Waals surface area contributed by atoms with E-state index >= 15 is 0 Å². The Hall–Kier alpha value is -3.72. The minimum atomic E-state index is -0.348. The molecule has 1 fully saturated rings. The molecule has 2 N–H and O–H groups in total. The molecule has 36 heavy (non-hydrogen) atoms. The number of aromatic nitrogens is 2. The average Bonchev–Trinajstić information content (AvgIpc) is 3.50. The molecule has 0 spiro atoms. The first-order valence-corrected chi connectivity index (χ1v) is 12.6. The van der Waals surface area contributed by atoms with Crippen molar-refractivity contribution in [1.82, 2.24) is 24.7 Å². The van der Waals surface area contributed by atoms with Crippen molar-refractivity contribution in [2.75, 3.05) is 39.0 Å². The largest absolute Gasteiger partial charge is 0.352 e. The fraction of sp³-hybridized carbons (Fsp3) is 0.407. The summed E-state index contributed by atoms with van der Waals surface area (Å²) in [5.41, 5.74) is 2.86. The number of amides is 3. The Bertz CT molecular complexity index is 1310. The first kappa shape index (κ1) is 24.0. The lowest BCUT2D eigenvalue weighted by atomic mass is 10.1. The lowest BCUT2D eigenvalue weighted by Crippen LogP contribution is -2.34. The van der Waals surface area contributed by atoms with E-state index in [2.05, 4.69) is 15.5 Å². The summed E-state index contributed by atoms with van der Waals surface area (Å²) in [7, 11) is 4.09. The van der Waals surface area contributed by atoms with Crippen LogP contribution in [0, 0.1) is 0 Å². The highest BCUT2D eigenvalue weighted by atomic mass is 16.2. The van der Waals surface area contributed by atoms with Crippen LogP contribution in [0.2, 0.25) is 0 Å². The van der Waals surface area contributed by atoms with E-state index in [1.54, 1.807) is 24.3 Å². The maximum Gasteiger partial charge on any atom is 0.257 e. The quantitative estimate of drug-likeness (QED) is 0.578. The molecule has 1 saturated heterocycles. The first-order valence-electron chi connectivity index (χ1n) is 12.6. The van der Waals surface area contributed by atoms with Gasteiger partial charge in [0, 0.05) is 43.3 Å². The van der Waals surface area contributed by atoms with Crippen LogP contribution in [0.25, 0.3) is 11.0 Å². The van der Waals surface area contributed by atoms with Gasteiger partial charge < -0.3 is 19.7 Å². The van der Waals surface area contributed by atoms with Gasteiger partial charge in [0.15, 0.2) is 0 Å². The standard InChI is InChI=1S/C27H32N6O3/c1-31(2)20-12-15-32(17-20)26(36)21-10-7-11-22-23(21)33-14-5-3-4-13-28-24(34)18-8-6-9-19(16-18)25(35)30-27(33)29-22/h6-11,16,20H,3-5,12-15,17H2,1-2H3,(H,28,34)(H,29,30,35)/t20-/m1/s1. The third-order valence-corrected chi connectivity index (χ3v) is 7.13. The first-order chi connectivity index (χ1) is 17.4. The second-order valence-corrected chi connectivity index (χ2v) is 9.77. The van der Waals surface area contributed by atoms with Crippen LogP contribution < -0.4 is 10.6 Å². The van der Waals surface area contributed by atoms with E-state index < -0.39 is 0 Å². The van der Waals surface area contributed by atoms with E-state index in [1.807, 2.05) is 41.8 Å². The Morgan fingerprint density at radius 2 is 1.78 bits per heavy atom. The van der Waals surface area contributed by atoms with Gasteiger partial charge in [-0.3, -0.25) is 19.7 Å². The number of fused-ring (bicyclic) bond motifs is 5. The van der Waals surface area contributed by atoms with Gasteiger partial charge in [-0.25, -0.2) is 4.98 Å². The molecule has 0 radical (unpaired) electrons. The number of rotatable bonds is 2. The molecule has 2 aliphatic heterocycles. The van der Waals surface area contributed by atoms with E-state index in [0.717, 1.165) is 37.7 Å². The van der Waals surface area contributed by atoms with Gasteiger partial charge in [-0.2, -0.15) is 0 Å². The predicted molar refractivity (Wildman–Crippen MR) is 138 cm³/mol. The zero-order valence-corrected chi connectivity index (χ0v) is 20.8. The Morgan fingerprint density at radius 1 is 1.00 bits per heavy atom. The summed E-state index contributed by atoms with van der Waals surface area (Å²) in [5.74, 6) is -0.126. The molecule has 3 heterocycles. The topological polar surface area (TPSA) is 99.6 Å². The number of likely N-dealkylation sites (tertiary alicyclic amines) is 1. The fourth-order valence-electron chi connectivity index (χ4n) is 5.04. The van der Waals surface area contributed by atoms with Crippen LogP contribution in [-0.2, 0) is 6.54 Å². The average molecular weight is 489 g/mol. The Kier molecular flexibility index (Phi) is 6.73. The van der Waals surface area contributed by atoms with Crippen molar-refractivity contribution in [3.05, 3.63) is 59.2 Å². The van der Waals surface area contributed by atoms with E-state index in [0.29, 0.717) is 53.8 Å². The number of carbonyl (C=O) groups is 3. The summed E-state index contributed by atoms with van der Waals surface area (Å²) in [6.45, 7) is 2.59. The molecule has 0 saturated carbocycles. The van der Waals surface area contributed by atoms with Crippen molar-refractivity contribution in [2.45, 2.75) is 38.3 Å². The number of aryl methyl sites for hydroxylation is 1. The van der Waals surface area contributed by atoms with Gasteiger partial charge in [0.25, 0.3) is 17.7 Å². The number of hydrogen-bond acceptors (Lipinski definition) is 5. The highest BCUT2D eigenvalue weighted by molar-refractivity contribution is 6.08. The molecule has 5 rings (SSSR count). The molecule has 188 valence electrons. The van der Waals surface area contributed by atoms with Gasteiger partial charge in [0.05, 0.1) is 16.6 Å². The van der Waals surface area contributed by atoms with Gasteiger partial charge >= 0.3 is 0 Å². The Morgan fingerprint density at radius 3 is 2.56 bits per heavy atom. The summed E-state index contributed by atoms with van der Waals surface area (Å²) < 4.78 is 1.97. The fourth-order valence-corrected chi connectivity index (χ4v) is 5.04. The van der Waals surface area contributed by atoms with E-state index in [4.69, 9.17) is 4.98 Å². The molecule has 0 unspecified atom stereocenters. The molecule has 9 nitrogen and oxygen atoms in total. The van der Waals surface area contributed by atoms with Crippen molar-refractivity contribution in [3.63, 3.8) is 0 Å². The van der Waals surface area contributed by atoms with Crippen LogP contribution >= 0.6 is 0 Å².